The van der Waals surface area contributed by atoms with E-state index in [2.05, 4.69) is 4.98 Å². The van der Waals surface area contributed by atoms with Crippen LogP contribution in [0.3, 0.4) is 0 Å². The Hall–Kier alpha value is -2.26. The fourth-order valence-electron chi connectivity index (χ4n) is 3.60. The van der Waals surface area contributed by atoms with E-state index in [9.17, 15) is 18.0 Å². The van der Waals surface area contributed by atoms with E-state index in [1.54, 1.807) is 16.2 Å². The molecule has 168 valence electrons. The Morgan fingerprint density at radius 2 is 1.97 bits per heavy atom. The molecular weight excluding hydrogens is 436 g/mol. The zero-order chi connectivity index (χ0) is 22.6. The Balaban J connectivity index is 1.54. The van der Waals surface area contributed by atoms with Gasteiger partial charge in [-0.05, 0) is 24.8 Å². The lowest BCUT2D eigenvalue weighted by atomic mass is 10.1. The van der Waals surface area contributed by atoms with Gasteiger partial charge in [0.2, 0.25) is 0 Å². The highest BCUT2D eigenvalue weighted by Crippen LogP contribution is 2.22. The minimum atomic E-state index is -3.11. The van der Waals surface area contributed by atoms with Gasteiger partial charge in [0, 0.05) is 23.5 Å². The third kappa shape index (κ3) is 6.61. The second-order valence-electron chi connectivity index (χ2n) is 8.28. The predicted molar refractivity (Wildman–Crippen MR) is 121 cm³/mol. The lowest BCUT2D eigenvalue weighted by Crippen LogP contribution is -2.45. The summed E-state index contributed by atoms with van der Waals surface area (Å²) in [6, 6.07) is 7.17. The number of thiazole rings is 1. The van der Waals surface area contributed by atoms with Gasteiger partial charge in [0.25, 0.3) is 5.91 Å². The maximum absolute atomic E-state index is 12.7. The summed E-state index contributed by atoms with van der Waals surface area (Å²) in [6.45, 7) is 5.94. The first-order valence-corrected chi connectivity index (χ1v) is 13.0. The van der Waals surface area contributed by atoms with Crippen molar-refractivity contribution in [1.29, 1.82) is 0 Å². The average molecular weight is 465 g/mol. The van der Waals surface area contributed by atoms with E-state index in [1.165, 1.54) is 0 Å². The normalized spacial score (nSPS) is 17.6. The lowest BCUT2D eigenvalue weighted by Gasteiger charge is -2.29. The predicted octanol–water partition coefficient (Wildman–Crippen LogP) is 2.88. The van der Waals surface area contributed by atoms with Crippen LogP contribution in [0.2, 0.25) is 0 Å². The summed E-state index contributed by atoms with van der Waals surface area (Å²) >= 11 is 1.58. The molecule has 1 saturated heterocycles. The van der Waals surface area contributed by atoms with Crippen LogP contribution in [-0.4, -0.2) is 60.9 Å². The van der Waals surface area contributed by atoms with E-state index in [4.69, 9.17) is 4.74 Å². The highest BCUT2D eigenvalue weighted by Gasteiger charge is 2.35. The van der Waals surface area contributed by atoms with E-state index in [0.717, 1.165) is 21.8 Å². The van der Waals surface area contributed by atoms with Crippen LogP contribution in [0.25, 0.3) is 11.3 Å². The summed E-state index contributed by atoms with van der Waals surface area (Å²) < 4.78 is 28.8. The number of ether oxygens (including phenoxy) is 1. The standard InChI is InChI=1S/C22H28N2O5S2/c1-15(2)11-24(19-8-9-31(27,28)14-19)21(25)12-29-22(26)10-17-4-6-18(7-5-17)20-13-30-16(3)23-20/h4-7,13,15,19H,8-12,14H2,1-3H3/t19-/m0/s1. The van der Waals surface area contributed by atoms with E-state index >= 15 is 0 Å². The molecule has 0 N–H and O–H groups in total. The van der Waals surface area contributed by atoms with Gasteiger partial charge in [-0.2, -0.15) is 0 Å². The monoisotopic (exact) mass is 464 g/mol. The zero-order valence-corrected chi connectivity index (χ0v) is 19.7. The van der Waals surface area contributed by atoms with E-state index < -0.39 is 15.8 Å². The number of carbonyl (C=O) groups excluding carboxylic acids is 2. The molecule has 0 unspecified atom stereocenters. The third-order valence-electron chi connectivity index (χ3n) is 5.11. The Kier molecular flexibility index (Phi) is 7.48. The molecule has 1 aromatic heterocycles. The van der Waals surface area contributed by atoms with Crippen molar-refractivity contribution >= 4 is 33.1 Å². The smallest absolute Gasteiger partial charge is 0.310 e. The van der Waals surface area contributed by atoms with Crippen molar-refractivity contribution in [2.75, 3.05) is 24.7 Å². The number of benzene rings is 1. The van der Waals surface area contributed by atoms with Crippen LogP contribution in [0.5, 0.6) is 0 Å². The Morgan fingerprint density at radius 3 is 2.52 bits per heavy atom. The fourth-order valence-corrected chi connectivity index (χ4v) is 5.95. The number of carbonyl (C=O) groups is 2. The van der Waals surface area contributed by atoms with Crippen LogP contribution in [0.15, 0.2) is 29.6 Å². The first-order chi connectivity index (χ1) is 14.6. The minimum absolute atomic E-state index is 0.0235. The molecule has 0 aliphatic carbocycles. The third-order valence-corrected chi connectivity index (χ3v) is 7.63. The van der Waals surface area contributed by atoms with Gasteiger partial charge in [-0.1, -0.05) is 38.1 Å². The van der Waals surface area contributed by atoms with Gasteiger partial charge in [-0.3, -0.25) is 9.59 Å². The van der Waals surface area contributed by atoms with Gasteiger partial charge < -0.3 is 9.64 Å². The van der Waals surface area contributed by atoms with Crippen LogP contribution < -0.4 is 0 Å². The molecule has 0 spiro atoms. The number of aromatic nitrogens is 1. The first-order valence-electron chi connectivity index (χ1n) is 10.3. The van der Waals surface area contributed by atoms with E-state index in [-0.39, 0.29) is 42.4 Å². The van der Waals surface area contributed by atoms with Crippen LogP contribution in [-0.2, 0) is 30.6 Å². The number of nitrogens with zero attached hydrogens (tertiary/aromatic N) is 2. The van der Waals surface area contributed by atoms with Crippen molar-refractivity contribution in [2.24, 2.45) is 5.92 Å². The molecule has 2 aromatic rings. The number of esters is 1. The van der Waals surface area contributed by atoms with Gasteiger partial charge >= 0.3 is 5.97 Å². The maximum atomic E-state index is 12.7. The second-order valence-corrected chi connectivity index (χ2v) is 11.6. The molecule has 0 bridgehead atoms. The van der Waals surface area contributed by atoms with Crippen LogP contribution >= 0.6 is 11.3 Å². The number of sulfone groups is 1. The Labute approximate surface area is 187 Å². The Bertz CT molecular complexity index is 1030. The van der Waals surface area contributed by atoms with Gasteiger partial charge in [-0.25, -0.2) is 13.4 Å². The van der Waals surface area contributed by atoms with Crippen molar-refractivity contribution in [3.8, 4) is 11.3 Å². The van der Waals surface area contributed by atoms with Crippen LogP contribution in [0, 0.1) is 12.8 Å². The molecule has 0 radical (unpaired) electrons. The highest BCUT2D eigenvalue weighted by atomic mass is 32.2. The first kappa shape index (κ1) is 23.4. The quantitative estimate of drug-likeness (QED) is 0.558. The largest absolute Gasteiger partial charge is 0.455 e. The highest BCUT2D eigenvalue weighted by molar-refractivity contribution is 7.91. The minimum Gasteiger partial charge on any atom is -0.455 e. The van der Waals surface area contributed by atoms with E-state index in [0.29, 0.717) is 13.0 Å². The van der Waals surface area contributed by atoms with Gasteiger partial charge in [0.05, 0.1) is 28.6 Å². The fraction of sp³-hybridized carbons (Fsp3) is 0.500. The summed E-state index contributed by atoms with van der Waals surface area (Å²) in [5.41, 5.74) is 2.67. The summed E-state index contributed by atoms with van der Waals surface area (Å²) in [4.78, 5) is 30.9. The van der Waals surface area contributed by atoms with Crippen molar-refractivity contribution in [3.05, 3.63) is 40.2 Å². The zero-order valence-electron chi connectivity index (χ0n) is 18.0. The summed E-state index contributed by atoms with van der Waals surface area (Å²) in [5.74, 6) is -0.587. The van der Waals surface area contributed by atoms with Crippen LogP contribution in [0.4, 0.5) is 0 Å². The molecule has 7 nitrogen and oxygen atoms in total. The van der Waals surface area contributed by atoms with Gasteiger partial charge in [0.1, 0.15) is 0 Å². The number of aryl methyl sites for hydroxylation is 1. The van der Waals surface area contributed by atoms with Gasteiger partial charge in [0.15, 0.2) is 16.4 Å². The van der Waals surface area contributed by atoms with E-state index in [1.807, 2.05) is 50.4 Å². The summed E-state index contributed by atoms with van der Waals surface area (Å²) in [5, 5.41) is 2.98. The molecule has 1 aromatic carbocycles. The second kappa shape index (κ2) is 9.91. The van der Waals surface area contributed by atoms with Crippen LogP contribution in [0.1, 0.15) is 30.8 Å². The number of hydrogen-bond acceptors (Lipinski definition) is 7. The topological polar surface area (TPSA) is 93.6 Å². The number of hydrogen-bond donors (Lipinski definition) is 0. The number of rotatable bonds is 8. The van der Waals surface area contributed by atoms with Crippen molar-refractivity contribution in [2.45, 2.75) is 39.7 Å². The van der Waals surface area contributed by atoms with Crippen molar-refractivity contribution < 1.29 is 22.7 Å². The molecule has 2 heterocycles. The molecule has 31 heavy (non-hydrogen) atoms. The SMILES string of the molecule is Cc1nc(-c2ccc(CC(=O)OCC(=O)N(CC(C)C)[C@H]3CCS(=O)(=O)C3)cc2)cs1. The molecule has 0 saturated carbocycles. The molecule has 1 amide bonds. The summed E-state index contributed by atoms with van der Waals surface area (Å²) in [7, 11) is -3.11. The number of amides is 1. The molecule has 9 heteroatoms. The Morgan fingerprint density at radius 1 is 1.26 bits per heavy atom. The molecule has 3 rings (SSSR count). The average Bonchev–Trinajstić information content (AvgIpc) is 3.29. The molecule has 1 atom stereocenters. The summed E-state index contributed by atoms with van der Waals surface area (Å²) in [6.07, 6.45) is 0.491. The molecule has 1 fully saturated rings. The molecular formula is C22H28N2O5S2. The molecule has 1 aliphatic heterocycles. The van der Waals surface area contributed by atoms with Crippen molar-refractivity contribution in [3.63, 3.8) is 0 Å². The van der Waals surface area contributed by atoms with Gasteiger partial charge in [-0.15, -0.1) is 11.3 Å². The maximum Gasteiger partial charge on any atom is 0.310 e. The molecule has 1 aliphatic rings. The van der Waals surface area contributed by atoms with Crippen molar-refractivity contribution in [1.82, 2.24) is 9.88 Å². The lowest BCUT2D eigenvalue weighted by molar-refractivity contribution is -0.152.